The van der Waals surface area contributed by atoms with Crippen molar-refractivity contribution in [3.05, 3.63) is 66.0 Å². The molecular formula is C25H29N5O2. The van der Waals surface area contributed by atoms with E-state index >= 15 is 0 Å². The third-order valence-corrected chi connectivity index (χ3v) is 5.72. The summed E-state index contributed by atoms with van der Waals surface area (Å²) >= 11 is 0. The number of benzene rings is 1. The second kappa shape index (κ2) is 11.7. The van der Waals surface area contributed by atoms with Gasteiger partial charge in [-0.2, -0.15) is 5.26 Å². The van der Waals surface area contributed by atoms with Gasteiger partial charge in [0.05, 0.1) is 0 Å². The zero-order valence-electron chi connectivity index (χ0n) is 18.2. The molecule has 0 radical (unpaired) electrons. The van der Waals surface area contributed by atoms with Crippen molar-refractivity contribution < 1.29 is 9.90 Å². The maximum atomic E-state index is 10.8. The van der Waals surface area contributed by atoms with Crippen LogP contribution in [0.25, 0.3) is 5.57 Å². The van der Waals surface area contributed by atoms with Crippen LogP contribution in [0.5, 0.6) is 0 Å². The smallest absolute Gasteiger partial charge is 0.303 e. The summed E-state index contributed by atoms with van der Waals surface area (Å²) in [7, 11) is 0. The highest BCUT2D eigenvalue weighted by atomic mass is 16.4. The predicted octanol–water partition coefficient (Wildman–Crippen LogP) is 4.70. The Balaban J connectivity index is 1.89. The SMILES string of the molecule is N#CN=C(N)N(c1ccc(C(=CCCCC(=O)O)c2cccnc2)cc1)C1CCCCC1. The van der Waals surface area contributed by atoms with E-state index in [1.807, 2.05) is 53.7 Å². The highest BCUT2D eigenvalue weighted by molar-refractivity contribution is 5.96. The van der Waals surface area contributed by atoms with E-state index in [1.165, 1.54) is 6.42 Å². The average molecular weight is 432 g/mol. The maximum absolute atomic E-state index is 10.8. The number of anilines is 1. The molecule has 0 amide bonds. The van der Waals surface area contributed by atoms with Gasteiger partial charge in [0.2, 0.25) is 12.2 Å². The van der Waals surface area contributed by atoms with E-state index in [1.54, 1.807) is 6.20 Å². The van der Waals surface area contributed by atoms with Gasteiger partial charge in [-0.1, -0.05) is 43.5 Å². The summed E-state index contributed by atoms with van der Waals surface area (Å²) in [5, 5.41) is 17.9. The lowest BCUT2D eigenvalue weighted by molar-refractivity contribution is -0.137. The molecule has 0 aliphatic heterocycles. The van der Waals surface area contributed by atoms with Crippen molar-refractivity contribution in [2.75, 3.05) is 4.90 Å². The van der Waals surface area contributed by atoms with Crippen molar-refractivity contribution in [1.29, 1.82) is 5.26 Å². The number of hydrogen-bond acceptors (Lipinski definition) is 4. The van der Waals surface area contributed by atoms with Gasteiger partial charge in [-0.15, -0.1) is 4.99 Å². The van der Waals surface area contributed by atoms with Crippen molar-refractivity contribution in [2.45, 2.75) is 57.4 Å². The minimum Gasteiger partial charge on any atom is -0.481 e. The molecule has 1 saturated carbocycles. The van der Waals surface area contributed by atoms with Crippen LogP contribution in [0.1, 0.15) is 62.5 Å². The number of allylic oxidation sites excluding steroid dienone is 1. The number of nitrogens with zero attached hydrogens (tertiary/aromatic N) is 4. The number of rotatable bonds is 8. The third kappa shape index (κ3) is 6.17. The average Bonchev–Trinajstić information content (AvgIpc) is 2.81. The summed E-state index contributed by atoms with van der Waals surface area (Å²) in [5.41, 5.74) is 10.1. The predicted molar refractivity (Wildman–Crippen MR) is 126 cm³/mol. The Hall–Kier alpha value is -3.66. The van der Waals surface area contributed by atoms with Gasteiger partial charge in [-0.05, 0) is 55.0 Å². The van der Waals surface area contributed by atoms with Gasteiger partial charge < -0.3 is 15.7 Å². The minimum atomic E-state index is -0.787. The van der Waals surface area contributed by atoms with Crippen LogP contribution >= 0.6 is 0 Å². The number of aromatic nitrogens is 1. The Morgan fingerprint density at radius 1 is 1.22 bits per heavy atom. The van der Waals surface area contributed by atoms with Crippen molar-refractivity contribution >= 4 is 23.2 Å². The molecule has 7 nitrogen and oxygen atoms in total. The van der Waals surface area contributed by atoms with Gasteiger partial charge in [0.1, 0.15) is 0 Å². The number of guanidine groups is 1. The highest BCUT2D eigenvalue weighted by Gasteiger charge is 2.24. The summed E-state index contributed by atoms with van der Waals surface area (Å²) in [6, 6.07) is 12.2. The first kappa shape index (κ1) is 23.0. The Labute approximate surface area is 188 Å². The molecule has 3 N–H and O–H groups in total. The highest BCUT2D eigenvalue weighted by Crippen LogP contribution is 2.30. The summed E-state index contributed by atoms with van der Waals surface area (Å²) in [6.45, 7) is 0. The van der Waals surface area contributed by atoms with Crippen LogP contribution in [-0.2, 0) is 4.79 Å². The maximum Gasteiger partial charge on any atom is 0.303 e. The quantitative estimate of drug-likeness (QED) is 0.271. The van der Waals surface area contributed by atoms with Crippen LogP contribution < -0.4 is 10.6 Å². The zero-order chi connectivity index (χ0) is 22.8. The molecule has 1 aromatic carbocycles. The fraction of sp³-hybridized carbons (Fsp3) is 0.360. The van der Waals surface area contributed by atoms with Gasteiger partial charge in [0.15, 0.2) is 0 Å². The third-order valence-electron chi connectivity index (χ3n) is 5.72. The standard InChI is InChI=1S/C25H29N5O2/c26-18-29-25(27)30(21-8-2-1-3-9-21)22-14-12-19(13-15-22)23(10-4-5-11-24(31)32)20-7-6-16-28-17-20/h6-7,10,12-17,21H,1-5,8-9,11H2,(H2,27,29)(H,31,32). The van der Waals surface area contributed by atoms with Crippen LogP contribution in [0.15, 0.2) is 59.9 Å². The van der Waals surface area contributed by atoms with Gasteiger partial charge in [0.25, 0.3) is 0 Å². The topological polar surface area (TPSA) is 116 Å². The molecule has 1 fully saturated rings. The lowest BCUT2D eigenvalue weighted by atomic mass is 9.93. The second-order valence-corrected chi connectivity index (χ2v) is 7.92. The normalized spacial score (nSPS) is 15.2. The largest absolute Gasteiger partial charge is 0.481 e. The summed E-state index contributed by atoms with van der Waals surface area (Å²) < 4.78 is 0. The molecule has 0 saturated heterocycles. The first-order valence-corrected chi connectivity index (χ1v) is 11.0. The number of carboxylic acid groups (broad SMARTS) is 1. The fourth-order valence-corrected chi connectivity index (χ4v) is 4.20. The first-order valence-electron chi connectivity index (χ1n) is 11.0. The van der Waals surface area contributed by atoms with Gasteiger partial charge in [-0.25, -0.2) is 0 Å². The van der Waals surface area contributed by atoms with Crippen LogP contribution in [-0.4, -0.2) is 28.1 Å². The zero-order valence-corrected chi connectivity index (χ0v) is 18.2. The van der Waals surface area contributed by atoms with E-state index in [9.17, 15) is 4.79 Å². The van der Waals surface area contributed by atoms with E-state index in [4.69, 9.17) is 16.1 Å². The number of nitrogens with two attached hydrogens (primary N) is 1. The molecule has 1 aliphatic carbocycles. The van der Waals surface area contributed by atoms with Crippen molar-refractivity contribution in [2.24, 2.45) is 10.7 Å². The fourth-order valence-electron chi connectivity index (χ4n) is 4.20. The number of carbonyl (C=O) groups is 1. The Morgan fingerprint density at radius 2 is 1.97 bits per heavy atom. The second-order valence-electron chi connectivity index (χ2n) is 7.92. The summed E-state index contributed by atoms with van der Waals surface area (Å²) in [6.07, 6.45) is 14.3. The number of hydrogen-bond donors (Lipinski definition) is 2. The van der Waals surface area contributed by atoms with Crippen molar-refractivity contribution in [3.63, 3.8) is 0 Å². The molecule has 7 heteroatoms. The molecule has 1 aliphatic rings. The van der Waals surface area contributed by atoms with Crippen LogP contribution in [0, 0.1) is 11.5 Å². The number of pyridine rings is 1. The van der Waals surface area contributed by atoms with E-state index in [2.05, 4.69) is 16.1 Å². The number of nitriles is 1. The van der Waals surface area contributed by atoms with Crippen LogP contribution in [0.4, 0.5) is 5.69 Å². The molecule has 0 unspecified atom stereocenters. The van der Waals surface area contributed by atoms with Gasteiger partial charge in [0, 0.05) is 36.1 Å². The number of carboxylic acids is 1. The molecule has 0 atom stereocenters. The van der Waals surface area contributed by atoms with E-state index in [0.717, 1.165) is 48.1 Å². The number of unbranched alkanes of at least 4 members (excludes halogenated alkanes) is 1. The Kier molecular flexibility index (Phi) is 8.38. The lowest BCUT2D eigenvalue weighted by Gasteiger charge is -2.34. The lowest BCUT2D eigenvalue weighted by Crippen LogP contribution is -2.45. The monoisotopic (exact) mass is 431 g/mol. The van der Waals surface area contributed by atoms with E-state index < -0.39 is 5.97 Å². The molecular weight excluding hydrogens is 402 g/mol. The summed E-state index contributed by atoms with van der Waals surface area (Å²) in [5.74, 6) is -0.561. The number of aliphatic carboxylic acids is 1. The molecule has 0 bridgehead atoms. The van der Waals surface area contributed by atoms with Crippen molar-refractivity contribution in [1.82, 2.24) is 4.98 Å². The molecule has 32 heavy (non-hydrogen) atoms. The Morgan fingerprint density at radius 3 is 2.59 bits per heavy atom. The molecule has 3 rings (SSSR count). The minimum absolute atomic E-state index is 0.142. The molecule has 0 spiro atoms. The molecule has 1 aromatic heterocycles. The van der Waals surface area contributed by atoms with E-state index in [0.29, 0.717) is 12.8 Å². The van der Waals surface area contributed by atoms with Crippen LogP contribution in [0.3, 0.4) is 0 Å². The van der Waals surface area contributed by atoms with Crippen molar-refractivity contribution in [3.8, 4) is 6.19 Å². The summed E-state index contributed by atoms with van der Waals surface area (Å²) in [4.78, 5) is 20.9. The van der Waals surface area contributed by atoms with Gasteiger partial charge in [-0.3, -0.25) is 9.78 Å². The van der Waals surface area contributed by atoms with Crippen LogP contribution in [0.2, 0.25) is 0 Å². The molecule has 2 aromatic rings. The Bertz CT molecular complexity index is 987. The first-order chi connectivity index (χ1) is 15.6. The molecule has 1 heterocycles. The van der Waals surface area contributed by atoms with Gasteiger partial charge >= 0.3 is 5.97 Å². The van der Waals surface area contributed by atoms with E-state index in [-0.39, 0.29) is 18.4 Å². The molecule has 166 valence electrons. The number of aliphatic imine (C=N–C) groups is 1.